The molecule has 0 bridgehead atoms. The maximum Gasteiger partial charge on any atom is 0.305 e. The first-order valence-electron chi connectivity index (χ1n) is 6.61. The van der Waals surface area contributed by atoms with Gasteiger partial charge in [-0.3, -0.25) is 4.79 Å². The highest BCUT2D eigenvalue weighted by Gasteiger charge is 2.22. The minimum atomic E-state index is -3.20. The van der Waals surface area contributed by atoms with Gasteiger partial charge >= 0.3 is 5.97 Å². The molecule has 6 heteroatoms. The molecule has 1 heterocycles. The second-order valence-corrected chi connectivity index (χ2v) is 6.75. The van der Waals surface area contributed by atoms with Crippen LogP contribution in [0.3, 0.4) is 0 Å². The molecule has 0 aromatic carbocycles. The Morgan fingerprint density at radius 1 is 1.11 bits per heavy atom. The lowest BCUT2D eigenvalue weighted by Gasteiger charge is -2.24. The highest BCUT2D eigenvalue weighted by Crippen LogP contribution is 2.14. The van der Waals surface area contributed by atoms with Gasteiger partial charge in [-0.05, 0) is 19.3 Å². The van der Waals surface area contributed by atoms with Crippen LogP contribution in [0.1, 0.15) is 44.9 Å². The van der Waals surface area contributed by atoms with Gasteiger partial charge in [0.15, 0.2) is 0 Å². The number of methoxy groups -OCH3 is 1. The van der Waals surface area contributed by atoms with Crippen molar-refractivity contribution in [1.82, 2.24) is 4.31 Å². The molecule has 0 aliphatic carbocycles. The molecular formula is C12H23NO4S. The Hall–Kier alpha value is -0.620. The van der Waals surface area contributed by atoms with E-state index in [0.717, 1.165) is 25.7 Å². The highest BCUT2D eigenvalue weighted by molar-refractivity contribution is 7.89. The normalized spacial score (nSPS) is 18.9. The molecule has 0 aromatic heterocycles. The molecule has 106 valence electrons. The summed E-state index contributed by atoms with van der Waals surface area (Å²) in [4.78, 5) is 10.9. The van der Waals surface area contributed by atoms with E-state index < -0.39 is 10.0 Å². The summed E-state index contributed by atoms with van der Waals surface area (Å²) >= 11 is 0. The van der Waals surface area contributed by atoms with E-state index in [1.165, 1.54) is 13.5 Å². The number of nitrogens with zero attached hydrogens (tertiary/aromatic N) is 1. The topological polar surface area (TPSA) is 63.7 Å². The summed E-state index contributed by atoms with van der Waals surface area (Å²) in [5.74, 6) is -0.305. The van der Waals surface area contributed by atoms with Crippen LogP contribution in [0.25, 0.3) is 0 Å². The fraction of sp³-hybridized carbons (Fsp3) is 0.917. The van der Waals surface area contributed by atoms with E-state index in [2.05, 4.69) is 4.74 Å². The number of hydrogen-bond donors (Lipinski definition) is 0. The Bertz CT molecular complexity index is 345. The van der Waals surface area contributed by atoms with E-state index in [9.17, 15) is 13.2 Å². The minimum absolute atomic E-state index is 0.0437. The molecule has 18 heavy (non-hydrogen) atoms. The standard InChI is InChI=1S/C12H23NO4S/c1-17-12(14)8-7-11-18(15,16)13-9-5-3-2-4-6-10-13/h2-11H2,1H3. The molecule has 1 aliphatic heterocycles. The molecule has 0 amide bonds. The maximum absolute atomic E-state index is 12.1. The third-order valence-electron chi connectivity index (χ3n) is 3.22. The average molecular weight is 277 g/mol. The number of hydrogen-bond acceptors (Lipinski definition) is 4. The molecule has 1 saturated heterocycles. The predicted octanol–water partition coefficient (Wildman–Crippen LogP) is 1.54. The molecule has 0 spiro atoms. The van der Waals surface area contributed by atoms with Crippen molar-refractivity contribution in [2.45, 2.75) is 44.9 Å². The third-order valence-corrected chi connectivity index (χ3v) is 5.18. The van der Waals surface area contributed by atoms with Gasteiger partial charge in [-0.2, -0.15) is 0 Å². The smallest absolute Gasteiger partial charge is 0.305 e. The summed E-state index contributed by atoms with van der Waals surface area (Å²) in [5.41, 5.74) is 0. The van der Waals surface area contributed by atoms with Crippen molar-refractivity contribution in [1.29, 1.82) is 0 Å². The zero-order valence-corrected chi connectivity index (χ0v) is 11.9. The highest BCUT2D eigenvalue weighted by atomic mass is 32.2. The Morgan fingerprint density at radius 2 is 1.67 bits per heavy atom. The number of ether oxygens (including phenoxy) is 1. The van der Waals surface area contributed by atoms with Crippen molar-refractivity contribution in [3.8, 4) is 0 Å². The van der Waals surface area contributed by atoms with Crippen LogP contribution < -0.4 is 0 Å². The molecular weight excluding hydrogens is 254 g/mol. The van der Waals surface area contributed by atoms with E-state index >= 15 is 0 Å². The Morgan fingerprint density at radius 3 is 2.22 bits per heavy atom. The maximum atomic E-state index is 12.1. The van der Waals surface area contributed by atoms with Crippen molar-refractivity contribution in [2.75, 3.05) is 26.0 Å². The zero-order chi connectivity index (χ0) is 13.4. The number of rotatable bonds is 5. The molecule has 1 rings (SSSR count). The van der Waals surface area contributed by atoms with Crippen molar-refractivity contribution in [3.05, 3.63) is 0 Å². The summed E-state index contributed by atoms with van der Waals surface area (Å²) in [6.45, 7) is 1.25. The van der Waals surface area contributed by atoms with Gasteiger partial charge in [0.05, 0.1) is 12.9 Å². The van der Waals surface area contributed by atoms with E-state index in [0.29, 0.717) is 19.5 Å². The summed E-state index contributed by atoms with van der Waals surface area (Å²) in [5, 5.41) is 0. The Kier molecular flexibility index (Phi) is 6.63. The van der Waals surface area contributed by atoms with Crippen LogP contribution in [0.2, 0.25) is 0 Å². The fourth-order valence-corrected chi connectivity index (χ4v) is 3.71. The second kappa shape index (κ2) is 7.74. The van der Waals surface area contributed by atoms with Crippen LogP contribution in [-0.4, -0.2) is 44.6 Å². The number of esters is 1. The molecule has 0 aromatic rings. The van der Waals surface area contributed by atoms with Gasteiger partial charge in [-0.15, -0.1) is 0 Å². The largest absolute Gasteiger partial charge is 0.469 e. The third kappa shape index (κ3) is 5.35. The van der Waals surface area contributed by atoms with Crippen LogP contribution in [0, 0.1) is 0 Å². The lowest BCUT2D eigenvalue weighted by molar-refractivity contribution is -0.140. The molecule has 1 aliphatic rings. The van der Waals surface area contributed by atoms with Crippen LogP contribution in [0.4, 0.5) is 0 Å². The SMILES string of the molecule is COC(=O)CCCS(=O)(=O)N1CCCCCCC1. The lowest BCUT2D eigenvalue weighted by Crippen LogP contribution is -2.35. The zero-order valence-electron chi connectivity index (χ0n) is 11.1. The molecule has 5 nitrogen and oxygen atoms in total. The molecule has 0 N–H and O–H groups in total. The Labute approximate surface area is 110 Å². The molecule has 0 radical (unpaired) electrons. The first-order valence-corrected chi connectivity index (χ1v) is 8.22. The van der Waals surface area contributed by atoms with Crippen LogP contribution in [-0.2, 0) is 19.6 Å². The quantitative estimate of drug-likeness (QED) is 0.715. The molecule has 1 fully saturated rings. The molecule has 0 atom stereocenters. The Balaban J connectivity index is 2.42. The second-order valence-electron chi connectivity index (χ2n) is 4.66. The lowest BCUT2D eigenvalue weighted by atomic mass is 10.1. The van der Waals surface area contributed by atoms with E-state index in [1.807, 2.05) is 0 Å². The van der Waals surface area contributed by atoms with E-state index in [4.69, 9.17) is 0 Å². The monoisotopic (exact) mass is 277 g/mol. The van der Waals surface area contributed by atoms with Crippen LogP contribution >= 0.6 is 0 Å². The minimum Gasteiger partial charge on any atom is -0.469 e. The van der Waals surface area contributed by atoms with Crippen molar-refractivity contribution < 1.29 is 17.9 Å². The number of sulfonamides is 1. The van der Waals surface area contributed by atoms with Gasteiger partial charge in [0.1, 0.15) is 0 Å². The average Bonchev–Trinajstić information content (AvgIpc) is 2.27. The van der Waals surface area contributed by atoms with Gasteiger partial charge < -0.3 is 4.74 Å². The predicted molar refractivity (Wildman–Crippen MR) is 69.7 cm³/mol. The van der Waals surface area contributed by atoms with Crippen molar-refractivity contribution in [2.24, 2.45) is 0 Å². The molecule has 0 unspecified atom stereocenters. The van der Waals surface area contributed by atoms with E-state index in [1.54, 1.807) is 4.31 Å². The van der Waals surface area contributed by atoms with E-state index in [-0.39, 0.29) is 18.1 Å². The summed E-state index contributed by atoms with van der Waals surface area (Å²) < 4.78 is 30.3. The van der Waals surface area contributed by atoms with Gasteiger partial charge in [0.2, 0.25) is 10.0 Å². The first kappa shape index (κ1) is 15.4. The van der Waals surface area contributed by atoms with Crippen molar-refractivity contribution in [3.63, 3.8) is 0 Å². The van der Waals surface area contributed by atoms with Gasteiger partial charge in [0.25, 0.3) is 0 Å². The summed E-state index contributed by atoms with van der Waals surface area (Å²) in [6.07, 6.45) is 5.81. The number of carbonyl (C=O) groups excluding carboxylic acids is 1. The van der Waals surface area contributed by atoms with Gasteiger partial charge in [-0.25, -0.2) is 12.7 Å². The van der Waals surface area contributed by atoms with Crippen molar-refractivity contribution >= 4 is 16.0 Å². The fourth-order valence-electron chi connectivity index (χ4n) is 2.13. The van der Waals surface area contributed by atoms with Gasteiger partial charge in [0, 0.05) is 19.5 Å². The molecule has 0 saturated carbocycles. The van der Waals surface area contributed by atoms with Gasteiger partial charge in [-0.1, -0.05) is 19.3 Å². The van der Waals surface area contributed by atoms with Crippen LogP contribution in [0.15, 0.2) is 0 Å². The first-order chi connectivity index (χ1) is 8.56. The summed E-state index contributed by atoms with van der Waals surface area (Å²) in [6, 6.07) is 0. The number of carbonyl (C=O) groups is 1. The van der Waals surface area contributed by atoms with Crippen LogP contribution in [0.5, 0.6) is 0 Å². The summed E-state index contributed by atoms with van der Waals surface area (Å²) in [7, 11) is -1.89.